The van der Waals surface area contributed by atoms with Crippen LogP contribution in [-0.4, -0.2) is 22.6 Å². The van der Waals surface area contributed by atoms with Crippen LogP contribution in [0.15, 0.2) is 109 Å². The Hall–Kier alpha value is -6.13. The smallest absolute Gasteiger partial charge is 0.256 e. The molecule has 0 radical (unpaired) electrons. The summed E-state index contributed by atoms with van der Waals surface area (Å²) in [5.41, 5.74) is 20.0. The van der Waals surface area contributed by atoms with Crippen LogP contribution < -0.4 is 42.3 Å². The number of fused-ring (bicyclic) bond motifs is 15. The standard InChI is InChI=1S/C58H54B2N2O2/c1-55(2,3)31-21-23-44-34(24-31)36-26-33(57(7,8)9)27-42-52(36)62(44)46-18-15-19-47-50(46)60(42)40-30-49-41(29-48(40)63-47)59-39-16-13-14-17-45(39)61-43-22-20-32(56(4,5)6)25-35(43)37-28-38(58(10,11)12)54(64-49)51(59)53(37)61/h13-30H,1-12H3. The first kappa shape index (κ1) is 38.3. The predicted octanol–water partition coefficient (Wildman–Crippen LogP) is 10.9. The third-order valence-electron chi connectivity index (χ3n) is 15.2. The normalized spacial score (nSPS) is 14.8. The van der Waals surface area contributed by atoms with Crippen LogP contribution >= 0.6 is 0 Å². The predicted molar refractivity (Wildman–Crippen MR) is 272 cm³/mol. The molecule has 6 heterocycles. The Morgan fingerprint density at radius 1 is 0.391 bits per heavy atom. The van der Waals surface area contributed by atoms with Crippen molar-refractivity contribution in [1.29, 1.82) is 0 Å². The summed E-state index contributed by atoms with van der Waals surface area (Å²) in [4.78, 5) is 0. The quantitative estimate of drug-likeness (QED) is 0.142. The lowest BCUT2D eigenvalue weighted by molar-refractivity contribution is 0.457. The Kier molecular flexibility index (Phi) is 7.16. The van der Waals surface area contributed by atoms with Crippen LogP contribution in [0, 0.1) is 0 Å². The highest BCUT2D eigenvalue weighted by atomic mass is 16.5. The molecule has 9 aromatic rings. The van der Waals surface area contributed by atoms with Crippen LogP contribution in [0.5, 0.6) is 23.0 Å². The van der Waals surface area contributed by atoms with E-state index in [1.54, 1.807) is 0 Å². The van der Waals surface area contributed by atoms with E-state index in [-0.39, 0.29) is 35.1 Å². The largest absolute Gasteiger partial charge is 0.458 e. The minimum absolute atomic E-state index is 0.0232. The van der Waals surface area contributed by atoms with Crippen LogP contribution in [0.25, 0.3) is 55.0 Å². The molecule has 0 spiro atoms. The number of hydrogen-bond acceptors (Lipinski definition) is 2. The van der Waals surface area contributed by atoms with Crippen LogP contribution in [0.4, 0.5) is 0 Å². The van der Waals surface area contributed by atoms with Crippen molar-refractivity contribution in [3.8, 4) is 34.4 Å². The molecule has 0 aliphatic carbocycles. The fourth-order valence-electron chi connectivity index (χ4n) is 11.8. The van der Waals surface area contributed by atoms with Crippen molar-refractivity contribution >= 4 is 89.8 Å². The zero-order chi connectivity index (χ0) is 44.3. The summed E-state index contributed by atoms with van der Waals surface area (Å²) in [6.45, 7) is 27.8. The van der Waals surface area contributed by atoms with Crippen LogP contribution in [0.1, 0.15) is 105 Å². The first-order valence-corrected chi connectivity index (χ1v) is 23.3. The van der Waals surface area contributed by atoms with Gasteiger partial charge < -0.3 is 18.6 Å². The molecule has 0 unspecified atom stereocenters. The van der Waals surface area contributed by atoms with E-state index >= 15 is 0 Å². The second-order valence-electron chi connectivity index (χ2n) is 23.4. The summed E-state index contributed by atoms with van der Waals surface area (Å²) in [6, 6.07) is 42.1. The fraction of sp³-hybridized carbons (Fsp3) is 0.276. The van der Waals surface area contributed by atoms with Gasteiger partial charge in [0.1, 0.15) is 23.0 Å². The van der Waals surface area contributed by atoms with Crippen LogP contribution in [-0.2, 0) is 21.7 Å². The van der Waals surface area contributed by atoms with Crippen molar-refractivity contribution in [2.75, 3.05) is 0 Å². The van der Waals surface area contributed by atoms with Crippen molar-refractivity contribution in [2.45, 2.75) is 105 Å². The number of para-hydroxylation sites is 1. The SMILES string of the molecule is CC(C)(C)c1ccc2c(c1)c1cc(C(C)(C)C)cc3c1n2-c1cccc2c1B3c1cc3c(cc1O2)B1c2ccccc2-n2c4ccc(C(C)(C)C)cc4c4cc(C(C)(C)C)c(c1c42)O3. The van der Waals surface area contributed by atoms with Crippen molar-refractivity contribution in [3.05, 3.63) is 131 Å². The molecular formula is C58H54B2N2O2. The monoisotopic (exact) mass is 832 g/mol. The van der Waals surface area contributed by atoms with Gasteiger partial charge in [-0.15, -0.1) is 0 Å². The van der Waals surface area contributed by atoms with E-state index in [4.69, 9.17) is 9.47 Å². The van der Waals surface area contributed by atoms with Gasteiger partial charge in [-0.1, -0.05) is 126 Å². The minimum Gasteiger partial charge on any atom is -0.458 e. The Bertz CT molecular complexity index is 3610. The van der Waals surface area contributed by atoms with Gasteiger partial charge in [0, 0.05) is 44.0 Å². The second kappa shape index (κ2) is 12.0. The van der Waals surface area contributed by atoms with Gasteiger partial charge in [0.05, 0.1) is 16.6 Å². The molecule has 7 aromatic carbocycles. The van der Waals surface area contributed by atoms with Gasteiger partial charge in [0.2, 0.25) is 0 Å². The van der Waals surface area contributed by atoms with Crippen LogP contribution in [0.2, 0.25) is 0 Å². The first-order valence-electron chi connectivity index (χ1n) is 23.3. The van der Waals surface area contributed by atoms with E-state index in [2.05, 4.69) is 201 Å². The zero-order valence-electron chi connectivity index (χ0n) is 39.3. The molecule has 13 rings (SSSR count). The second-order valence-corrected chi connectivity index (χ2v) is 23.4. The van der Waals surface area contributed by atoms with E-state index in [1.165, 1.54) is 99.1 Å². The average molecular weight is 833 g/mol. The molecule has 0 fully saturated rings. The van der Waals surface area contributed by atoms with Gasteiger partial charge in [-0.05, 0) is 138 Å². The molecule has 314 valence electrons. The third kappa shape index (κ3) is 4.92. The summed E-state index contributed by atoms with van der Waals surface area (Å²) >= 11 is 0. The van der Waals surface area contributed by atoms with Crippen molar-refractivity contribution in [3.63, 3.8) is 0 Å². The zero-order valence-corrected chi connectivity index (χ0v) is 39.3. The van der Waals surface area contributed by atoms with E-state index < -0.39 is 0 Å². The third-order valence-corrected chi connectivity index (χ3v) is 15.2. The topological polar surface area (TPSA) is 28.3 Å². The number of hydrogen-bond donors (Lipinski definition) is 0. The Balaban J connectivity index is 1.11. The van der Waals surface area contributed by atoms with Gasteiger partial charge in [-0.3, -0.25) is 0 Å². The summed E-state index contributed by atoms with van der Waals surface area (Å²) in [5, 5.41) is 5.22. The summed E-state index contributed by atoms with van der Waals surface area (Å²) < 4.78 is 19.8. The lowest BCUT2D eigenvalue weighted by Crippen LogP contribution is -2.61. The molecule has 6 heteroatoms. The molecular weight excluding hydrogens is 778 g/mol. The highest BCUT2D eigenvalue weighted by Gasteiger charge is 2.47. The summed E-state index contributed by atoms with van der Waals surface area (Å²) in [5.74, 6) is 3.76. The van der Waals surface area contributed by atoms with Crippen molar-refractivity contribution < 1.29 is 9.47 Å². The van der Waals surface area contributed by atoms with E-state index in [9.17, 15) is 0 Å². The summed E-state index contributed by atoms with van der Waals surface area (Å²) in [7, 11) is 0. The molecule has 0 N–H and O–H groups in total. The number of benzene rings is 7. The number of nitrogens with zero attached hydrogens (tertiary/aromatic N) is 2. The van der Waals surface area contributed by atoms with Gasteiger partial charge in [-0.2, -0.15) is 0 Å². The van der Waals surface area contributed by atoms with E-state index in [0.29, 0.717) is 0 Å². The molecule has 4 nitrogen and oxygen atoms in total. The highest BCUT2D eigenvalue weighted by molar-refractivity contribution is 7.01. The first-order chi connectivity index (χ1) is 30.3. The molecule has 0 saturated heterocycles. The van der Waals surface area contributed by atoms with Crippen molar-refractivity contribution in [2.24, 2.45) is 0 Å². The average Bonchev–Trinajstić information content (AvgIpc) is 3.75. The number of aromatic nitrogens is 2. The lowest BCUT2D eigenvalue weighted by Gasteiger charge is -2.38. The molecule has 0 bridgehead atoms. The Morgan fingerprint density at radius 2 is 0.938 bits per heavy atom. The number of rotatable bonds is 0. The summed E-state index contributed by atoms with van der Waals surface area (Å²) in [6.07, 6.45) is 0. The van der Waals surface area contributed by atoms with E-state index in [0.717, 1.165) is 33.9 Å². The number of ether oxygens (including phenoxy) is 2. The maximum absolute atomic E-state index is 7.53. The molecule has 2 aromatic heterocycles. The maximum atomic E-state index is 7.53. The van der Waals surface area contributed by atoms with Crippen LogP contribution in [0.3, 0.4) is 0 Å². The Morgan fingerprint density at radius 3 is 1.56 bits per heavy atom. The van der Waals surface area contributed by atoms with Gasteiger partial charge >= 0.3 is 0 Å². The molecule has 0 saturated carbocycles. The maximum Gasteiger partial charge on any atom is 0.256 e. The Labute approximate surface area is 377 Å². The highest BCUT2D eigenvalue weighted by Crippen LogP contribution is 2.46. The van der Waals surface area contributed by atoms with Crippen molar-refractivity contribution in [1.82, 2.24) is 9.13 Å². The van der Waals surface area contributed by atoms with Gasteiger partial charge in [0.15, 0.2) is 0 Å². The van der Waals surface area contributed by atoms with E-state index in [1.807, 2.05) is 0 Å². The van der Waals surface area contributed by atoms with Gasteiger partial charge in [0.25, 0.3) is 13.4 Å². The molecule has 0 atom stereocenters. The molecule has 0 amide bonds. The molecule has 4 aliphatic heterocycles. The minimum atomic E-state index is -0.178. The fourth-order valence-corrected chi connectivity index (χ4v) is 11.8. The lowest BCUT2D eigenvalue weighted by atomic mass is 9.32. The molecule has 4 aliphatic rings. The molecule has 64 heavy (non-hydrogen) atoms. The van der Waals surface area contributed by atoms with Gasteiger partial charge in [-0.25, -0.2) is 0 Å².